The number of carbonyl (C=O) groups excluding carboxylic acids is 3. The van der Waals surface area contributed by atoms with E-state index in [1.165, 1.54) is 0 Å². The average molecular weight is 267 g/mol. The molecule has 0 bridgehead atoms. The fourth-order valence-corrected chi connectivity index (χ4v) is 2.91. The Labute approximate surface area is 112 Å². The van der Waals surface area contributed by atoms with Crippen molar-refractivity contribution in [3.8, 4) is 0 Å². The summed E-state index contributed by atoms with van der Waals surface area (Å²) in [5, 5.41) is 7.77. The van der Waals surface area contributed by atoms with E-state index in [0.717, 1.165) is 32.1 Å². The molecule has 1 saturated heterocycles. The van der Waals surface area contributed by atoms with Crippen molar-refractivity contribution < 1.29 is 14.4 Å². The van der Waals surface area contributed by atoms with Crippen LogP contribution >= 0.6 is 0 Å². The van der Waals surface area contributed by atoms with Crippen molar-refractivity contribution in [2.24, 2.45) is 0 Å². The predicted molar refractivity (Wildman–Crippen MR) is 69.3 cm³/mol. The molecular formula is C13H21N3O3. The number of carbonyl (C=O) groups is 3. The first-order chi connectivity index (χ1) is 9.04. The summed E-state index contributed by atoms with van der Waals surface area (Å²) >= 11 is 0. The van der Waals surface area contributed by atoms with Gasteiger partial charge in [0.05, 0.1) is 0 Å². The summed E-state index contributed by atoms with van der Waals surface area (Å²) in [5.74, 6) is -0.374. The number of rotatable bonds is 5. The Morgan fingerprint density at radius 1 is 1.37 bits per heavy atom. The van der Waals surface area contributed by atoms with Gasteiger partial charge in [0.15, 0.2) is 0 Å². The van der Waals surface area contributed by atoms with Gasteiger partial charge in [-0.15, -0.1) is 0 Å². The van der Waals surface area contributed by atoms with Gasteiger partial charge >= 0.3 is 6.03 Å². The van der Waals surface area contributed by atoms with Crippen LogP contribution in [0, 0.1) is 0 Å². The summed E-state index contributed by atoms with van der Waals surface area (Å²) in [6.07, 6.45) is 5.96. The molecule has 106 valence electrons. The first-order valence-electron chi connectivity index (χ1n) is 6.97. The van der Waals surface area contributed by atoms with Crippen LogP contribution in [0.2, 0.25) is 0 Å². The Hall–Kier alpha value is -1.59. The highest BCUT2D eigenvalue weighted by Gasteiger charge is 2.34. The monoisotopic (exact) mass is 267 g/mol. The quantitative estimate of drug-likeness (QED) is 0.644. The number of nitrogens with one attached hydrogen (secondary N) is 3. The smallest absolute Gasteiger partial charge is 0.322 e. The van der Waals surface area contributed by atoms with E-state index in [4.69, 9.17) is 0 Å². The summed E-state index contributed by atoms with van der Waals surface area (Å²) < 4.78 is 0. The Kier molecular flexibility index (Phi) is 4.07. The van der Waals surface area contributed by atoms with Crippen molar-refractivity contribution in [1.29, 1.82) is 0 Å². The van der Waals surface area contributed by atoms with Crippen LogP contribution in [0.4, 0.5) is 4.79 Å². The zero-order valence-corrected chi connectivity index (χ0v) is 11.3. The molecule has 3 N–H and O–H groups in total. The first-order valence-corrected chi connectivity index (χ1v) is 6.97. The summed E-state index contributed by atoms with van der Waals surface area (Å²) in [7, 11) is 0. The maximum atomic E-state index is 12.0. The van der Waals surface area contributed by atoms with E-state index in [9.17, 15) is 14.4 Å². The van der Waals surface area contributed by atoms with E-state index in [0.29, 0.717) is 6.42 Å². The molecule has 0 aromatic carbocycles. The lowest BCUT2D eigenvalue weighted by atomic mass is 9.94. The molecule has 0 unspecified atom stereocenters. The Morgan fingerprint density at radius 3 is 2.58 bits per heavy atom. The first kappa shape index (κ1) is 13.8. The molecule has 1 heterocycles. The summed E-state index contributed by atoms with van der Waals surface area (Å²) in [6.45, 7) is 2.09. The highest BCUT2D eigenvalue weighted by atomic mass is 16.2. The molecule has 6 nitrogen and oxygen atoms in total. The van der Waals surface area contributed by atoms with Gasteiger partial charge in [-0.1, -0.05) is 19.8 Å². The molecule has 0 spiro atoms. The molecule has 19 heavy (non-hydrogen) atoms. The van der Waals surface area contributed by atoms with Crippen molar-refractivity contribution in [2.45, 2.75) is 63.5 Å². The second kappa shape index (κ2) is 5.59. The maximum Gasteiger partial charge on any atom is 0.322 e. The van der Waals surface area contributed by atoms with Crippen LogP contribution in [0.15, 0.2) is 0 Å². The second-order valence-electron chi connectivity index (χ2n) is 5.44. The lowest BCUT2D eigenvalue weighted by molar-refractivity contribution is -0.123. The van der Waals surface area contributed by atoms with Crippen LogP contribution in [-0.2, 0) is 9.59 Å². The van der Waals surface area contributed by atoms with Crippen LogP contribution in [0.5, 0.6) is 0 Å². The molecule has 2 fully saturated rings. The molecular weight excluding hydrogens is 246 g/mol. The highest BCUT2D eigenvalue weighted by molar-refractivity contribution is 6.04. The lowest BCUT2D eigenvalue weighted by Gasteiger charge is -2.29. The minimum atomic E-state index is -0.570. The Morgan fingerprint density at radius 2 is 2.05 bits per heavy atom. The zero-order chi connectivity index (χ0) is 13.9. The second-order valence-corrected chi connectivity index (χ2v) is 5.44. The maximum absolute atomic E-state index is 12.0. The van der Waals surface area contributed by atoms with Gasteiger partial charge in [0.2, 0.25) is 5.91 Å². The molecule has 4 amide bonds. The molecule has 0 radical (unpaired) electrons. The summed E-state index contributed by atoms with van der Waals surface area (Å²) in [4.78, 5) is 34.2. The Balaban J connectivity index is 1.78. The number of hydrogen-bond acceptors (Lipinski definition) is 3. The van der Waals surface area contributed by atoms with E-state index in [1.807, 2.05) is 0 Å². The fraction of sp³-hybridized carbons (Fsp3) is 0.769. The minimum absolute atomic E-state index is 0.0299. The van der Waals surface area contributed by atoms with Crippen LogP contribution in [0.3, 0.4) is 0 Å². The van der Waals surface area contributed by atoms with Gasteiger partial charge in [-0.25, -0.2) is 4.79 Å². The molecule has 1 atom stereocenters. The number of urea groups is 1. The van der Waals surface area contributed by atoms with Crippen molar-refractivity contribution in [2.75, 3.05) is 0 Å². The summed E-state index contributed by atoms with van der Waals surface area (Å²) in [6, 6.07) is -1.05. The molecule has 6 heteroatoms. The molecule has 2 aliphatic rings. The van der Waals surface area contributed by atoms with E-state index in [2.05, 4.69) is 22.9 Å². The normalized spacial score (nSPS) is 25.0. The largest absolute Gasteiger partial charge is 0.351 e. The van der Waals surface area contributed by atoms with Gasteiger partial charge in [-0.3, -0.25) is 14.9 Å². The van der Waals surface area contributed by atoms with Gasteiger partial charge in [-0.05, 0) is 25.7 Å². The predicted octanol–water partition coefficient (Wildman–Crippen LogP) is 0.814. The third kappa shape index (κ3) is 3.24. The van der Waals surface area contributed by atoms with Crippen molar-refractivity contribution >= 4 is 17.8 Å². The topological polar surface area (TPSA) is 87.3 Å². The molecule has 1 aliphatic heterocycles. The van der Waals surface area contributed by atoms with Crippen molar-refractivity contribution in [3.05, 3.63) is 0 Å². The SMILES string of the molecule is CCC1(NC(=O)CC[C@@H]2NC(=O)NC2=O)CCCC1. The number of amides is 4. The van der Waals surface area contributed by atoms with Gasteiger partial charge in [0.25, 0.3) is 5.91 Å². The van der Waals surface area contributed by atoms with Crippen molar-refractivity contribution in [3.63, 3.8) is 0 Å². The minimum Gasteiger partial charge on any atom is -0.351 e. The third-order valence-electron chi connectivity index (χ3n) is 4.16. The van der Waals surface area contributed by atoms with Crippen LogP contribution in [-0.4, -0.2) is 29.4 Å². The van der Waals surface area contributed by atoms with E-state index in [1.54, 1.807) is 0 Å². The zero-order valence-electron chi connectivity index (χ0n) is 11.3. The molecule has 1 aliphatic carbocycles. The summed E-state index contributed by atoms with van der Waals surface area (Å²) in [5.41, 5.74) is -0.0434. The average Bonchev–Trinajstić information content (AvgIpc) is 2.94. The van der Waals surface area contributed by atoms with Gasteiger partial charge in [-0.2, -0.15) is 0 Å². The number of hydrogen-bond donors (Lipinski definition) is 3. The molecule has 0 aromatic heterocycles. The van der Waals surface area contributed by atoms with Crippen LogP contribution in [0.1, 0.15) is 51.9 Å². The lowest BCUT2D eigenvalue weighted by Crippen LogP contribution is -2.46. The van der Waals surface area contributed by atoms with Crippen LogP contribution < -0.4 is 16.0 Å². The van der Waals surface area contributed by atoms with Crippen LogP contribution in [0.25, 0.3) is 0 Å². The van der Waals surface area contributed by atoms with E-state index < -0.39 is 12.1 Å². The van der Waals surface area contributed by atoms with Gasteiger partial charge < -0.3 is 10.6 Å². The van der Waals surface area contributed by atoms with E-state index >= 15 is 0 Å². The molecule has 1 saturated carbocycles. The van der Waals surface area contributed by atoms with Gasteiger partial charge in [0.1, 0.15) is 6.04 Å². The molecule has 2 rings (SSSR count). The molecule has 0 aromatic rings. The highest BCUT2D eigenvalue weighted by Crippen LogP contribution is 2.32. The fourth-order valence-electron chi connectivity index (χ4n) is 2.91. The third-order valence-corrected chi connectivity index (χ3v) is 4.16. The standard InChI is InChI=1S/C13H21N3O3/c1-2-13(7-3-4-8-13)16-10(17)6-5-9-11(18)15-12(19)14-9/h9H,2-8H2,1H3,(H,16,17)(H2,14,15,18,19)/t9-/m0/s1. The van der Waals surface area contributed by atoms with E-state index in [-0.39, 0.29) is 23.8 Å². The Bertz CT molecular complexity index is 389. The van der Waals surface area contributed by atoms with Crippen molar-refractivity contribution in [1.82, 2.24) is 16.0 Å². The van der Waals surface area contributed by atoms with Gasteiger partial charge in [0, 0.05) is 12.0 Å². The number of imide groups is 1.